The van der Waals surface area contributed by atoms with Gasteiger partial charge in [0.1, 0.15) is 43.7 Å². The molecule has 5 heterocycles. The average Bonchev–Trinajstić information content (AvgIpc) is 3.90. The number of esters is 2. The molecule has 6 rings (SSSR count). The quantitative estimate of drug-likeness (QED) is 0.142. The van der Waals surface area contributed by atoms with Crippen LogP contribution in [0.1, 0.15) is 93.0 Å². The third-order valence-corrected chi connectivity index (χ3v) is 11.7. The maximum atomic E-state index is 14.0. The number of rotatable bonds is 12. The van der Waals surface area contributed by atoms with Gasteiger partial charge in [-0.2, -0.15) is 0 Å². The van der Waals surface area contributed by atoms with Crippen LogP contribution in [-0.4, -0.2) is 62.2 Å². The van der Waals surface area contributed by atoms with Gasteiger partial charge in [0.25, 0.3) is 0 Å². The van der Waals surface area contributed by atoms with Gasteiger partial charge in [0.05, 0.1) is 35.6 Å². The van der Waals surface area contributed by atoms with E-state index in [1.54, 1.807) is 43.7 Å². The van der Waals surface area contributed by atoms with Crippen molar-refractivity contribution in [3.05, 3.63) is 78.1 Å². The van der Waals surface area contributed by atoms with Crippen LogP contribution in [-0.2, 0) is 30.7 Å². The molecule has 17 heteroatoms. The number of amides is 1. The van der Waals surface area contributed by atoms with Crippen LogP contribution in [0.3, 0.4) is 0 Å². The fourth-order valence-corrected chi connectivity index (χ4v) is 9.21. The van der Waals surface area contributed by atoms with E-state index in [4.69, 9.17) is 29.2 Å². The molecule has 48 heavy (non-hydrogen) atoms. The summed E-state index contributed by atoms with van der Waals surface area (Å²) in [5, 5.41) is 9.54. The monoisotopic (exact) mass is 728 g/mol. The normalized spacial score (nSPS) is 21.7. The molecule has 0 spiro atoms. The Hall–Kier alpha value is -3.90. The predicted octanol–water partition coefficient (Wildman–Crippen LogP) is 5.42. The first-order valence-corrected chi connectivity index (χ1v) is 18.9. The number of cyclic esters (lactones) is 1. The number of aliphatic imine (C=N–C) groups is 1. The zero-order valence-electron chi connectivity index (χ0n) is 26.4. The first-order chi connectivity index (χ1) is 23.1. The van der Waals surface area contributed by atoms with E-state index in [0.717, 1.165) is 5.56 Å². The molecule has 1 aromatic carbocycles. The van der Waals surface area contributed by atoms with Crippen molar-refractivity contribution in [2.24, 2.45) is 4.99 Å². The van der Waals surface area contributed by atoms with Crippen molar-refractivity contribution >= 4 is 68.7 Å². The van der Waals surface area contributed by atoms with E-state index in [9.17, 15) is 18.6 Å². The zero-order valence-corrected chi connectivity index (χ0v) is 29.6. The van der Waals surface area contributed by atoms with E-state index in [1.807, 2.05) is 24.4 Å². The number of alkyl carbamates (subject to hydrolysis) is 1. The van der Waals surface area contributed by atoms with Gasteiger partial charge < -0.3 is 19.5 Å². The number of hydrogen-bond donors (Lipinski definition) is 2. The highest BCUT2D eigenvalue weighted by molar-refractivity contribution is 7.83. The lowest BCUT2D eigenvalue weighted by atomic mass is 9.87. The molecule has 13 nitrogen and oxygen atoms in total. The van der Waals surface area contributed by atoms with Gasteiger partial charge in [0.2, 0.25) is 0 Å². The van der Waals surface area contributed by atoms with Gasteiger partial charge in [-0.1, -0.05) is 17.7 Å². The molecule has 0 saturated carbocycles. The van der Waals surface area contributed by atoms with Gasteiger partial charge in [-0.15, -0.1) is 34.0 Å². The number of ether oxygens (including phenoxy) is 3. The Morgan fingerprint density at radius 1 is 1.04 bits per heavy atom. The fraction of sp³-hybridized carbons (Fsp3) is 0.387. The summed E-state index contributed by atoms with van der Waals surface area (Å²) in [6.07, 6.45) is -0.137. The maximum absolute atomic E-state index is 14.0. The van der Waals surface area contributed by atoms with Gasteiger partial charge in [-0.25, -0.2) is 38.3 Å². The van der Waals surface area contributed by atoms with Crippen molar-refractivity contribution < 1.29 is 32.8 Å². The Morgan fingerprint density at radius 2 is 1.73 bits per heavy atom. The van der Waals surface area contributed by atoms with Crippen LogP contribution in [0.2, 0.25) is 0 Å². The maximum Gasteiger partial charge on any atom is 0.408 e. The molecule has 1 saturated heterocycles. The molecule has 2 aliphatic heterocycles. The summed E-state index contributed by atoms with van der Waals surface area (Å²) < 4.78 is 33.0. The number of aryl methyl sites for hydroxylation is 1. The van der Waals surface area contributed by atoms with Crippen LogP contribution >= 0.6 is 34.0 Å². The molecule has 1 fully saturated rings. The summed E-state index contributed by atoms with van der Waals surface area (Å²) in [7, 11) is -1.73. The molecule has 1 unspecified atom stereocenters. The molecule has 0 bridgehead atoms. The second-order valence-corrected chi connectivity index (χ2v) is 14.8. The number of nitrogens with one attached hydrogen (secondary N) is 2. The van der Waals surface area contributed by atoms with Crippen LogP contribution in [0.4, 0.5) is 4.79 Å². The summed E-state index contributed by atoms with van der Waals surface area (Å²) in [5.41, 5.74) is 1.28. The van der Waals surface area contributed by atoms with Crippen molar-refractivity contribution in [1.82, 2.24) is 25.0 Å². The SMILES string of the molecule is CCOC(=O)c1csc(C2=N[C@@](c3nc(C(=O)OCC)cs3)([C@@H](NS(=O)c3ccc(C)cc3)c3csc([C@H]4NC(=O)O[C@@H]4C)n3)CC2)n1. The molecule has 0 aliphatic carbocycles. The number of benzene rings is 1. The minimum absolute atomic E-state index is 0.135. The zero-order chi connectivity index (χ0) is 34.0. The largest absolute Gasteiger partial charge is 0.461 e. The predicted molar refractivity (Wildman–Crippen MR) is 181 cm³/mol. The minimum atomic E-state index is -1.73. The molecule has 4 aromatic rings. The third-order valence-electron chi connectivity index (χ3n) is 7.75. The second kappa shape index (κ2) is 14.3. The Kier molecular flexibility index (Phi) is 10.1. The van der Waals surface area contributed by atoms with Crippen molar-refractivity contribution in [3.63, 3.8) is 0 Å². The number of hydrogen-bond acceptors (Lipinski definition) is 14. The molecule has 2 N–H and O–H groups in total. The average molecular weight is 729 g/mol. The molecule has 0 radical (unpaired) electrons. The highest BCUT2D eigenvalue weighted by Crippen LogP contribution is 2.49. The molecule has 252 valence electrons. The number of thiazole rings is 3. The summed E-state index contributed by atoms with van der Waals surface area (Å²) in [5.74, 6) is -1.09. The Bertz CT molecular complexity index is 1890. The van der Waals surface area contributed by atoms with Crippen LogP contribution < -0.4 is 10.0 Å². The van der Waals surface area contributed by atoms with Crippen LogP contribution in [0.5, 0.6) is 0 Å². The van der Waals surface area contributed by atoms with Crippen molar-refractivity contribution in [2.45, 2.75) is 69.2 Å². The van der Waals surface area contributed by atoms with Crippen molar-refractivity contribution in [1.29, 1.82) is 0 Å². The summed E-state index contributed by atoms with van der Waals surface area (Å²) >= 11 is 3.85. The molecule has 1 amide bonds. The Labute approximate surface area is 290 Å². The Balaban J connectivity index is 1.47. The summed E-state index contributed by atoms with van der Waals surface area (Å²) in [6.45, 7) is 7.59. The van der Waals surface area contributed by atoms with E-state index in [1.165, 1.54) is 34.0 Å². The molecular formula is C31H32N6O7S4. The van der Waals surface area contributed by atoms with Gasteiger partial charge in [-0.05, 0) is 52.7 Å². The lowest BCUT2D eigenvalue weighted by Crippen LogP contribution is -2.40. The molecule has 5 atom stereocenters. The fourth-order valence-electron chi connectivity index (χ4n) is 5.37. The molecule has 3 aromatic heterocycles. The van der Waals surface area contributed by atoms with Crippen molar-refractivity contribution in [3.8, 4) is 0 Å². The van der Waals surface area contributed by atoms with Crippen LogP contribution in [0.25, 0.3) is 0 Å². The first kappa shape index (κ1) is 34.0. The minimum Gasteiger partial charge on any atom is -0.461 e. The number of aromatic nitrogens is 3. The molecule has 2 aliphatic rings. The van der Waals surface area contributed by atoms with E-state index in [0.29, 0.717) is 44.2 Å². The Morgan fingerprint density at radius 3 is 2.40 bits per heavy atom. The summed E-state index contributed by atoms with van der Waals surface area (Å²) in [4.78, 5) is 57.1. The van der Waals surface area contributed by atoms with Gasteiger partial charge >= 0.3 is 18.0 Å². The van der Waals surface area contributed by atoms with E-state index >= 15 is 0 Å². The van der Waals surface area contributed by atoms with Gasteiger partial charge in [0, 0.05) is 16.1 Å². The highest BCUT2D eigenvalue weighted by Gasteiger charge is 2.50. The van der Waals surface area contributed by atoms with E-state index in [-0.39, 0.29) is 24.6 Å². The second-order valence-electron chi connectivity index (χ2n) is 11.0. The first-order valence-electron chi connectivity index (χ1n) is 15.1. The van der Waals surface area contributed by atoms with Gasteiger partial charge in [-0.3, -0.25) is 4.99 Å². The van der Waals surface area contributed by atoms with Gasteiger partial charge in [0.15, 0.2) is 11.4 Å². The highest BCUT2D eigenvalue weighted by atomic mass is 32.2. The standard InChI is InChI=1S/C31H32N6O7S4/c1-5-42-27(38)21-14-45-25(33-21)19-11-12-31(36-19,29-34-22(15-47-29)28(39)43-6-2)24(37-48(41)18-9-7-16(3)8-10-18)20-13-46-26(32-20)23-17(4)44-30(40)35-23/h7-10,13-15,17,23-24,37H,5-6,11-12H2,1-4H3,(H,35,40)/t17-,23+,24+,31-,48?/m1/s1. The lowest BCUT2D eigenvalue weighted by Gasteiger charge is -2.32. The smallest absolute Gasteiger partial charge is 0.408 e. The number of carbonyl (C=O) groups excluding carboxylic acids is 3. The van der Waals surface area contributed by atoms with E-state index < -0.39 is 52.7 Å². The van der Waals surface area contributed by atoms with Crippen LogP contribution in [0.15, 0.2) is 50.3 Å². The summed E-state index contributed by atoms with van der Waals surface area (Å²) in [6, 6.07) is 6.06. The van der Waals surface area contributed by atoms with Crippen molar-refractivity contribution in [2.75, 3.05) is 13.2 Å². The number of carbonyl (C=O) groups is 3. The van der Waals surface area contributed by atoms with Crippen LogP contribution in [0, 0.1) is 6.92 Å². The number of nitrogens with zero attached hydrogens (tertiary/aromatic N) is 4. The molecular weight excluding hydrogens is 697 g/mol. The topological polar surface area (TPSA) is 171 Å². The third kappa shape index (κ3) is 6.82. The van der Waals surface area contributed by atoms with E-state index in [2.05, 4.69) is 15.0 Å². The lowest BCUT2D eigenvalue weighted by molar-refractivity contribution is 0.0510.